The van der Waals surface area contributed by atoms with Crippen LogP contribution in [0.4, 0.5) is 0 Å². The van der Waals surface area contributed by atoms with Gasteiger partial charge in [0.05, 0.1) is 13.3 Å². The molecule has 3 aliphatic carbocycles. The van der Waals surface area contributed by atoms with E-state index in [0.717, 1.165) is 24.8 Å². The van der Waals surface area contributed by atoms with Gasteiger partial charge in [0.25, 0.3) is 0 Å². The van der Waals surface area contributed by atoms with Gasteiger partial charge >= 0.3 is 0 Å². The van der Waals surface area contributed by atoms with E-state index < -0.39 is 0 Å². The van der Waals surface area contributed by atoms with E-state index in [9.17, 15) is 4.79 Å². The van der Waals surface area contributed by atoms with Crippen LogP contribution in [0.2, 0.25) is 0 Å². The Morgan fingerprint density at radius 2 is 2.10 bits per heavy atom. The lowest BCUT2D eigenvalue weighted by molar-refractivity contribution is 0.0930. The fourth-order valence-electron chi connectivity index (χ4n) is 4.98. The Bertz CT molecular complexity index is 535. The molecular formula is C16H22N2O2. The number of methoxy groups -OCH3 is 1. The Morgan fingerprint density at radius 3 is 2.70 bits per heavy atom. The predicted molar refractivity (Wildman–Crippen MR) is 74.7 cm³/mol. The van der Waals surface area contributed by atoms with E-state index >= 15 is 0 Å². The van der Waals surface area contributed by atoms with Gasteiger partial charge in [0, 0.05) is 12.5 Å². The van der Waals surface area contributed by atoms with Gasteiger partial charge in [0.15, 0.2) is 11.5 Å². The van der Waals surface area contributed by atoms with Crippen LogP contribution < -0.4 is 4.74 Å². The molecule has 0 saturated heterocycles. The van der Waals surface area contributed by atoms with Crippen LogP contribution in [0.5, 0.6) is 5.75 Å². The van der Waals surface area contributed by atoms with E-state index in [4.69, 9.17) is 4.74 Å². The number of hydrogen-bond acceptors (Lipinski definition) is 3. The normalized spacial score (nSPS) is 37.0. The van der Waals surface area contributed by atoms with E-state index in [0.29, 0.717) is 29.1 Å². The molecule has 4 heteroatoms. The van der Waals surface area contributed by atoms with E-state index in [1.54, 1.807) is 13.3 Å². The number of carbonyl (C=O) groups excluding carboxylic acids is 1. The molecule has 4 unspecified atom stereocenters. The highest BCUT2D eigenvalue weighted by Crippen LogP contribution is 2.70. The molecule has 1 aromatic rings. The Labute approximate surface area is 119 Å². The van der Waals surface area contributed by atoms with Crippen molar-refractivity contribution in [2.45, 2.75) is 39.2 Å². The number of ketones is 1. The van der Waals surface area contributed by atoms with Crippen LogP contribution >= 0.6 is 0 Å². The summed E-state index contributed by atoms with van der Waals surface area (Å²) in [5.41, 5.74) is 0.716. The van der Waals surface area contributed by atoms with Crippen molar-refractivity contribution in [3.05, 3.63) is 11.9 Å². The zero-order valence-corrected chi connectivity index (χ0v) is 12.2. The second kappa shape index (κ2) is 4.34. The highest BCUT2D eigenvalue weighted by atomic mass is 16.5. The van der Waals surface area contributed by atoms with Crippen LogP contribution in [0.25, 0.3) is 0 Å². The smallest absolute Gasteiger partial charge is 0.188 e. The quantitative estimate of drug-likeness (QED) is 0.775. The van der Waals surface area contributed by atoms with Gasteiger partial charge in [-0.1, -0.05) is 6.92 Å². The van der Waals surface area contributed by atoms with Gasteiger partial charge in [-0.25, -0.2) is 0 Å². The molecule has 0 radical (unpaired) electrons. The minimum absolute atomic E-state index is 0.266. The summed E-state index contributed by atoms with van der Waals surface area (Å²) >= 11 is 0. The van der Waals surface area contributed by atoms with Crippen molar-refractivity contribution in [3.8, 4) is 5.75 Å². The molecule has 3 fully saturated rings. The third-order valence-corrected chi connectivity index (χ3v) is 5.73. The van der Waals surface area contributed by atoms with Crippen LogP contribution in [0.3, 0.4) is 0 Å². The Kier molecular flexibility index (Phi) is 2.69. The molecule has 0 N–H and O–H groups in total. The van der Waals surface area contributed by atoms with Crippen molar-refractivity contribution in [2.24, 2.45) is 29.6 Å². The fraction of sp³-hybridized carbons (Fsp3) is 0.750. The monoisotopic (exact) mass is 274 g/mol. The molecule has 2 bridgehead atoms. The number of rotatable bonds is 5. The summed E-state index contributed by atoms with van der Waals surface area (Å²) in [5.74, 6) is 4.22. The van der Waals surface area contributed by atoms with Gasteiger partial charge in [-0.05, 0) is 49.4 Å². The first kappa shape index (κ1) is 12.4. The number of aromatic nitrogens is 2. The highest BCUT2D eigenvalue weighted by molar-refractivity contribution is 6.01. The lowest BCUT2D eigenvalue weighted by Crippen LogP contribution is -2.16. The molecule has 20 heavy (non-hydrogen) atoms. The minimum Gasteiger partial charge on any atom is -0.493 e. The first-order valence-corrected chi connectivity index (χ1v) is 7.90. The van der Waals surface area contributed by atoms with Gasteiger partial charge in [-0.2, -0.15) is 5.10 Å². The number of nitrogens with zero attached hydrogens (tertiary/aromatic N) is 2. The number of Topliss-reactive ketones (excluding diaryl/α,β-unsaturated/α-hetero) is 1. The summed E-state index contributed by atoms with van der Waals surface area (Å²) in [5, 5.41) is 4.33. The van der Waals surface area contributed by atoms with Crippen LogP contribution in [0, 0.1) is 29.6 Å². The number of carbonyl (C=O) groups is 1. The van der Waals surface area contributed by atoms with Gasteiger partial charge in [0.2, 0.25) is 0 Å². The van der Waals surface area contributed by atoms with E-state index in [1.165, 1.54) is 19.3 Å². The Hall–Kier alpha value is -1.32. The van der Waals surface area contributed by atoms with Gasteiger partial charge in [-0.3, -0.25) is 9.48 Å². The summed E-state index contributed by atoms with van der Waals surface area (Å²) in [4.78, 5) is 12.9. The van der Waals surface area contributed by atoms with Crippen molar-refractivity contribution in [1.29, 1.82) is 0 Å². The number of ether oxygens (including phenoxy) is 1. The van der Waals surface area contributed by atoms with Crippen LogP contribution in [0.1, 0.15) is 43.1 Å². The Morgan fingerprint density at radius 1 is 1.40 bits per heavy atom. The largest absolute Gasteiger partial charge is 0.493 e. The number of hydrogen-bond donors (Lipinski definition) is 0. The van der Waals surface area contributed by atoms with Crippen molar-refractivity contribution < 1.29 is 9.53 Å². The molecule has 0 aliphatic heterocycles. The standard InChI is InChI=1S/C16H22N2O2/c1-3-6-18-15(11(20-2)8-17-18)16(19)14-12-9-4-5-10(7-9)13(12)14/h8-10,12-14H,3-7H2,1-2H3. The summed E-state index contributed by atoms with van der Waals surface area (Å²) in [6.45, 7) is 2.90. The molecule has 3 aliphatic rings. The topological polar surface area (TPSA) is 44.1 Å². The van der Waals surface area contributed by atoms with E-state index in [1.807, 2.05) is 4.68 Å². The average Bonchev–Trinajstić information content (AvgIpc) is 2.80. The SMILES string of the molecule is CCCn1ncc(OC)c1C(=O)C1C2C3CCC(C3)C12. The minimum atomic E-state index is 0.266. The molecule has 4 rings (SSSR count). The molecule has 1 aromatic heterocycles. The molecule has 4 atom stereocenters. The molecule has 0 amide bonds. The molecule has 3 saturated carbocycles. The van der Waals surface area contributed by atoms with Crippen LogP contribution in [-0.4, -0.2) is 22.7 Å². The second-order valence-electron chi connectivity index (χ2n) is 6.66. The second-order valence-corrected chi connectivity index (χ2v) is 6.66. The summed E-state index contributed by atoms with van der Waals surface area (Å²) in [6, 6.07) is 0. The summed E-state index contributed by atoms with van der Waals surface area (Å²) in [6.07, 6.45) is 6.75. The molecule has 0 aromatic carbocycles. The van der Waals surface area contributed by atoms with Crippen molar-refractivity contribution in [3.63, 3.8) is 0 Å². The van der Waals surface area contributed by atoms with Crippen molar-refractivity contribution >= 4 is 5.78 Å². The van der Waals surface area contributed by atoms with Crippen molar-refractivity contribution in [2.75, 3.05) is 7.11 Å². The maximum Gasteiger partial charge on any atom is 0.188 e. The lowest BCUT2D eigenvalue weighted by atomic mass is 9.98. The maximum atomic E-state index is 12.9. The zero-order chi connectivity index (χ0) is 13.9. The maximum absolute atomic E-state index is 12.9. The predicted octanol–water partition coefficient (Wildman–Crippen LogP) is 2.78. The highest BCUT2D eigenvalue weighted by Gasteiger charge is 2.67. The first-order chi connectivity index (χ1) is 9.76. The molecular weight excluding hydrogens is 252 g/mol. The van der Waals surface area contributed by atoms with Crippen molar-refractivity contribution in [1.82, 2.24) is 9.78 Å². The van der Waals surface area contributed by atoms with Crippen LogP contribution in [-0.2, 0) is 6.54 Å². The summed E-state index contributed by atoms with van der Waals surface area (Å²) < 4.78 is 7.20. The average molecular weight is 274 g/mol. The molecule has 108 valence electrons. The van der Waals surface area contributed by atoms with E-state index in [-0.39, 0.29) is 5.92 Å². The zero-order valence-electron chi connectivity index (χ0n) is 12.2. The first-order valence-electron chi connectivity index (χ1n) is 7.90. The van der Waals surface area contributed by atoms with E-state index in [2.05, 4.69) is 12.0 Å². The molecule has 0 spiro atoms. The van der Waals surface area contributed by atoms with Gasteiger partial charge in [-0.15, -0.1) is 0 Å². The van der Waals surface area contributed by atoms with Gasteiger partial charge in [0.1, 0.15) is 5.69 Å². The third kappa shape index (κ3) is 1.54. The molecule has 1 heterocycles. The van der Waals surface area contributed by atoms with Crippen LogP contribution in [0.15, 0.2) is 6.20 Å². The fourth-order valence-corrected chi connectivity index (χ4v) is 4.98. The Balaban J connectivity index is 1.62. The third-order valence-electron chi connectivity index (χ3n) is 5.73. The van der Waals surface area contributed by atoms with Gasteiger partial charge < -0.3 is 4.74 Å². The molecule has 4 nitrogen and oxygen atoms in total. The summed E-state index contributed by atoms with van der Waals surface area (Å²) in [7, 11) is 1.63. The lowest BCUT2D eigenvalue weighted by Gasteiger charge is -2.10. The number of fused-ring (bicyclic) bond motifs is 5. The number of aryl methyl sites for hydroxylation is 1.